The Morgan fingerprint density at radius 3 is 2.46 bits per heavy atom. The maximum absolute atomic E-state index is 14.4. The SMILES string of the molecule is C=C[C@@H]1C[C@]1(NC(=O)C1C[C@@H](OC(=O)N2Cc3cccc(F)c3C2)CN1C(=O)[C@H](CCCC(=C)C)NC(=O)OC(C)(C)C)C(=O)NS(=O)(=O)C1CC1. The number of nitrogens with one attached hydrogen (secondary N) is 3. The highest BCUT2D eigenvalue weighted by atomic mass is 32.2. The summed E-state index contributed by atoms with van der Waals surface area (Å²) < 4.78 is 53.0. The zero-order chi connectivity index (χ0) is 38.2. The van der Waals surface area contributed by atoms with E-state index >= 15 is 0 Å². The van der Waals surface area contributed by atoms with Gasteiger partial charge in [0.2, 0.25) is 21.8 Å². The Morgan fingerprint density at radius 1 is 1.15 bits per heavy atom. The number of fused-ring (bicyclic) bond motifs is 1. The van der Waals surface area contributed by atoms with Gasteiger partial charge in [0.1, 0.15) is 35.1 Å². The summed E-state index contributed by atoms with van der Waals surface area (Å²) in [6, 6.07) is 2.15. The van der Waals surface area contributed by atoms with Gasteiger partial charge in [-0.25, -0.2) is 22.4 Å². The molecule has 4 aliphatic rings. The van der Waals surface area contributed by atoms with E-state index in [-0.39, 0.29) is 38.9 Å². The van der Waals surface area contributed by atoms with Crippen LogP contribution in [-0.2, 0) is 47.0 Å². The number of alkyl carbamates (subject to hydrolysis) is 1. The number of carbonyl (C=O) groups excluding carboxylic acids is 5. The first kappa shape index (κ1) is 38.8. The summed E-state index contributed by atoms with van der Waals surface area (Å²) in [5.74, 6) is -3.35. The fourth-order valence-electron chi connectivity index (χ4n) is 6.64. The lowest BCUT2D eigenvalue weighted by Gasteiger charge is -2.30. The fraction of sp³-hybridized carbons (Fsp3) is 0.583. The molecule has 0 bridgehead atoms. The van der Waals surface area contributed by atoms with Gasteiger partial charge < -0.3 is 25.0 Å². The molecule has 0 spiro atoms. The minimum absolute atomic E-state index is 0.0188. The molecule has 52 heavy (non-hydrogen) atoms. The standard InChI is InChI=1S/C36H48FN5O9S/c1-7-23-17-36(23,32(45)40-52(48,49)25-14-15-25)39-30(43)29-16-24(50-34(47)41-18-22-11-9-12-27(37)26(22)20-41)19-42(29)31(44)28(13-8-10-21(2)3)38-33(46)51-35(4,5)6/h7,9,11-12,23-25,28-29H,1-2,8,10,13-20H2,3-6H3,(H,38,46)(H,39,43)(H,40,45)/t23-,24-,28+,29?,36-/m1/s1. The summed E-state index contributed by atoms with van der Waals surface area (Å²) in [7, 11) is -3.94. The van der Waals surface area contributed by atoms with E-state index in [0.29, 0.717) is 36.8 Å². The van der Waals surface area contributed by atoms with Crippen molar-refractivity contribution >= 4 is 39.9 Å². The van der Waals surface area contributed by atoms with Crippen LogP contribution in [0.3, 0.4) is 0 Å². The molecule has 5 rings (SSSR count). The number of benzene rings is 1. The van der Waals surface area contributed by atoms with Crippen molar-refractivity contribution < 1.29 is 46.3 Å². The molecule has 284 valence electrons. The molecular formula is C36H48FN5O9S. The topological polar surface area (TPSA) is 181 Å². The number of allylic oxidation sites excluding steroid dienone is 1. The maximum atomic E-state index is 14.4. The van der Waals surface area contributed by atoms with E-state index in [0.717, 1.165) is 5.57 Å². The van der Waals surface area contributed by atoms with Crippen LogP contribution >= 0.6 is 0 Å². The van der Waals surface area contributed by atoms with E-state index in [1.54, 1.807) is 32.9 Å². The largest absolute Gasteiger partial charge is 0.444 e. The van der Waals surface area contributed by atoms with Crippen LogP contribution in [0.25, 0.3) is 0 Å². The van der Waals surface area contributed by atoms with Crippen molar-refractivity contribution in [1.29, 1.82) is 0 Å². The first-order valence-corrected chi connectivity index (χ1v) is 19.0. The van der Waals surface area contributed by atoms with Gasteiger partial charge in [-0.05, 0) is 77.8 Å². The van der Waals surface area contributed by atoms with Gasteiger partial charge in [0, 0.05) is 24.4 Å². The van der Waals surface area contributed by atoms with Crippen molar-refractivity contribution in [3.63, 3.8) is 0 Å². The van der Waals surface area contributed by atoms with E-state index in [4.69, 9.17) is 9.47 Å². The highest BCUT2D eigenvalue weighted by molar-refractivity contribution is 7.91. The highest BCUT2D eigenvalue weighted by Gasteiger charge is 2.62. The Bertz CT molecular complexity index is 1760. The number of hydrogen-bond donors (Lipinski definition) is 3. The van der Waals surface area contributed by atoms with Gasteiger partial charge in [-0.3, -0.25) is 24.0 Å². The van der Waals surface area contributed by atoms with Gasteiger partial charge in [0.15, 0.2) is 0 Å². The molecule has 2 aliphatic carbocycles. The Kier molecular flexibility index (Phi) is 11.1. The molecule has 14 nitrogen and oxygen atoms in total. The minimum Gasteiger partial charge on any atom is -0.444 e. The lowest BCUT2D eigenvalue weighted by atomic mass is 10.0. The van der Waals surface area contributed by atoms with E-state index in [1.807, 2.05) is 6.92 Å². The molecule has 1 unspecified atom stereocenters. The van der Waals surface area contributed by atoms with Crippen molar-refractivity contribution in [2.75, 3.05) is 6.54 Å². The summed E-state index contributed by atoms with van der Waals surface area (Å²) in [6.07, 6.45) is 0.816. The first-order valence-electron chi connectivity index (χ1n) is 17.5. The normalized spacial score (nSPS) is 24.3. The highest BCUT2D eigenvalue weighted by Crippen LogP contribution is 2.45. The van der Waals surface area contributed by atoms with E-state index in [2.05, 4.69) is 28.5 Å². The van der Waals surface area contributed by atoms with Gasteiger partial charge in [-0.1, -0.05) is 23.8 Å². The molecule has 2 saturated carbocycles. The maximum Gasteiger partial charge on any atom is 0.410 e. The van der Waals surface area contributed by atoms with E-state index in [1.165, 1.54) is 21.9 Å². The van der Waals surface area contributed by atoms with Crippen LogP contribution in [-0.4, -0.2) is 89.2 Å². The second-order valence-electron chi connectivity index (χ2n) is 15.2. The summed E-state index contributed by atoms with van der Waals surface area (Å²) >= 11 is 0. The summed E-state index contributed by atoms with van der Waals surface area (Å²) in [5.41, 5.74) is -0.607. The van der Waals surface area contributed by atoms with Crippen molar-refractivity contribution in [2.45, 2.75) is 120 Å². The zero-order valence-electron chi connectivity index (χ0n) is 30.0. The van der Waals surface area contributed by atoms with Crippen LogP contribution in [0, 0.1) is 11.7 Å². The number of carbonyl (C=O) groups is 5. The van der Waals surface area contributed by atoms with Gasteiger partial charge in [0.25, 0.3) is 5.91 Å². The number of rotatable bonds is 13. The zero-order valence-corrected chi connectivity index (χ0v) is 30.9. The predicted octanol–water partition coefficient (Wildman–Crippen LogP) is 3.56. The third-order valence-electron chi connectivity index (χ3n) is 9.63. The van der Waals surface area contributed by atoms with Crippen molar-refractivity contribution in [3.8, 4) is 0 Å². The van der Waals surface area contributed by atoms with Crippen LogP contribution < -0.4 is 15.4 Å². The van der Waals surface area contributed by atoms with Gasteiger partial charge in [-0.15, -0.1) is 13.2 Å². The summed E-state index contributed by atoms with van der Waals surface area (Å²) in [4.78, 5) is 70.5. The van der Waals surface area contributed by atoms with Crippen molar-refractivity contribution in [2.24, 2.45) is 5.92 Å². The average molecular weight is 746 g/mol. The molecule has 0 radical (unpaired) electrons. The third kappa shape index (κ3) is 8.93. The molecule has 3 N–H and O–H groups in total. The van der Waals surface area contributed by atoms with Gasteiger partial charge >= 0.3 is 12.2 Å². The Balaban J connectivity index is 1.37. The fourth-order valence-corrected chi connectivity index (χ4v) is 8.00. The number of hydrogen-bond acceptors (Lipinski definition) is 9. The molecule has 1 aromatic rings. The van der Waals surface area contributed by atoms with Crippen LogP contribution in [0.4, 0.5) is 14.0 Å². The molecule has 0 aromatic heterocycles. The molecule has 1 saturated heterocycles. The number of amides is 5. The second kappa shape index (κ2) is 14.9. The predicted molar refractivity (Wildman–Crippen MR) is 187 cm³/mol. The molecule has 5 atom stereocenters. The lowest BCUT2D eigenvalue weighted by Crippen LogP contribution is -2.58. The average Bonchev–Trinajstić information content (AvgIpc) is 3.93. The Hall–Kier alpha value is -4.47. The second-order valence-corrected chi connectivity index (χ2v) is 17.2. The van der Waals surface area contributed by atoms with Crippen LogP contribution in [0.15, 0.2) is 43.0 Å². The minimum atomic E-state index is -3.94. The summed E-state index contributed by atoms with van der Waals surface area (Å²) in [6.45, 7) is 14.3. The quantitative estimate of drug-likeness (QED) is 0.255. The van der Waals surface area contributed by atoms with Gasteiger partial charge in [0.05, 0.1) is 18.3 Å². The van der Waals surface area contributed by atoms with Crippen molar-refractivity contribution in [1.82, 2.24) is 25.2 Å². The van der Waals surface area contributed by atoms with Crippen LogP contribution in [0.5, 0.6) is 0 Å². The molecule has 2 aliphatic heterocycles. The summed E-state index contributed by atoms with van der Waals surface area (Å²) in [5, 5.41) is 4.65. The Morgan fingerprint density at radius 2 is 1.87 bits per heavy atom. The molecule has 3 fully saturated rings. The van der Waals surface area contributed by atoms with Crippen LogP contribution in [0.1, 0.15) is 83.8 Å². The Labute approximate surface area is 303 Å². The number of ether oxygens (including phenoxy) is 2. The molecule has 5 amide bonds. The van der Waals surface area contributed by atoms with Gasteiger partial charge in [-0.2, -0.15) is 0 Å². The molecule has 2 heterocycles. The number of likely N-dealkylation sites (tertiary alicyclic amines) is 1. The lowest BCUT2D eigenvalue weighted by molar-refractivity contribution is -0.141. The molecule has 16 heteroatoms. The third-order valence-corrected chi connectivity index (χ3v) is 11.5. The molecular weight excluding hydrogens is 697 g/mol. The smallest absolute Gasteiger partial charge is 0.410 e. The van der Waals surface area contributed by atoms with Crippen molar-refractivity contribution in [3.05, 3.63) is 60.0 Å². The monoisotopic (exact) mass is 745 g/mol. The van der Waals surface area contributed by atoms with E-state index < -0.39 is 86.2 Å². The van der Waals surface area contributed by atoms with Crippen LogP contribution in [0.2, 0.25) is 0 Å². The molecule has 1 aromatic carbocycles. The first-order chi connectivity index (χ1) is 24.3. The number of nitrogens with zero attached hydrogens (tertiary/aromatic N) is 2. The number of halogens is 1. The number of sulfonamides is 1. The van der Waals surface area contributed by atoms with E-state index in [9.17, 15) is 36.8 Å².